The maximum absolute atomic E-state index is 12.2. The second-order valence-electron chi connectivity index (χ2n) is 6.53. The van der Waals surface area contributed by atoms with Gasteiger partial charge in [-0.2, -0.15) is 0 Å². The Kier molecular flexibility index (Phi) is 4.61. The van der Waals surface area contributed by atoms with Crippen molar-refractivity contribution in [2.75, 3.05) is 16.0 Å². The monoisotopic (exact) mass is 347 g/mol. The quantitative estimate of drug-likeness (QED) is 0.763. The Balaban J connectivity index is 1.82. The number of amides is 1. The van der Waals surface area contributed by atoms with Crippen molar-refractivity contribution < 1.29 is 4.79 Å². The highest BCUT2D eigenvalue weighted by Crippen LogP contribution is 2.34. The van der Waals surface area contributed by atoms with Crippen LogP contribution in [0.3, 0.4) is 0 Å². The first-order chi connectivity index (χ1) is 11.4. The number of aromatic nitrogens is 4. The summed E-state index contributed by atoms with van der Waals surface area (Å²) in [6.07, 6.45) is 2.34. The topological polar surface area (TPSA) is 105 Å². The minimum absolute atomic E-state index is 0.0897. The lowest BCUT2D eigenvalue weighted by molar-refractivity contribution is -0.117. The van der Waals surface area contributed by atoms with E-state index in [0.717, 1.165) is 11.4 Å². The zero-order chi connectivity index (χ0) is 17.3. The SMILES string of the molecule is CC(C)Cc1nnc(Nc2ncnc3c2NC(=O)C(C(C)C)N3)s1. The maximum atomic E-state index is 12.2. The van der Waals surface area contributed by atoms with E-state index in [9.17, 15) is 4.79 Å². The van der Waals surface area contributed by atoms with E-state index in [-0.39, 0.29) is 17.9 Å². The molecule has 3 rings (SSSR count). The van der Waals surface area contributed by atoms with Gasteiger partial charge in [-0.1, -0.05) is 39.0 Å². The third kappa shape index (κ3) is 3.45. The molecule has 8 nitrogen and oxygen atoms in total. The lowest BCUT2D eigenvalue weighted by Crippen LogP contribution is -2.43. The molecule has 1 aliphatic heterocycles. The molecule has 24 heavy (non-hydrogen) atoms. The van der Waals surface area contributed by atoms with E-state index in [1.165, 1.54) is 17.7 Å². The van der Waals surface area contributed by atoms with Crippen molar-refractivity contribution in [3.05, 3.63) is 11.3 Å². The lowest BCUT2D eigenvalue weighted by Gasteiger charge is -2.28. The minimum Gasteiger partial charge on any atom is -0.356 e. The van der Waals surface area contributed by atoms with Gasteiger partial charge in [0.05, 0.1) is 0 Å². The summed E-state index contributed by atoms with van der Waals surface area (Å²) >= 11 is 1.49. The van der Waals surface area contributed by atoms with Crippen molar-refractivity contribution >= 4 is 39.7 Å². The summed E-state index contributed by atoms with van der Waals surface area (Å²) in [6.45, 7) is 8.25. The Labute approximate surface area is 144 Å². The number of carbonyl (C=O) groups excluding carboxylic acids is 1. The van der Waals surface area contributed by atoms with Gasteiger partial charge in [0.2, 0.25) is 11.0 Å². The summed E-state index contributed by atoms with van der Waals surface area (Å²) in [4.78, 5) is 20.7. The average molecular weight is 347 g/mol. The smallest absolute Gasteiger partial charge is 0.247 e. The first-order valence-corrected chi connectivity index (χ1v) is 8.77. The van der Waals surface area contributed by atoms with Crippen molar-refractivity contribution in [2.24, 2.45) is 11.8 Å². The highest BCUT2D eigenvalue weighted by Gasteiger charge is 2.30. The van der Waals surface area contributed by atoms with Crippen LogP contribution in [0.2, 0.25) is 0 Å². The fraction of sp³-hybridized carbons (Fsp3) is 0.533. The Bertz CT molecular complexity index is 743. The van der Waals surface area contributed by atoms with Crippen LogP contribution in [0.25, 0.3) is 0 Å². The summed E-state index contributed by atoms with van der Waals surface area (Å²) in [5.74, 6) is 1.71. The van der Waals surface area contributed by atoms with E-state index in [2.05, 4.69) is 50.0 Å². The van der Waals surface area contributed by atoms with Crippen LogP contribution in [0, 0.1) is 11.8 Å². The first-order valence-electron chi connectivity index (χ1n) is 7.96. The molecule has 0 bridgehead atoms. The molecule has 0 fully saturated rings. The van der Waals surface area contributed by atoms with Crippen molar-refractivity contribution in [2.45, 2.75) is 40.2 Å². The molecule has 0 radical (unpaired) electrons. The van der Waals surface area contributed by atoms with E-state index in [0.29, 0.717) is 28.4 Å². The highest BCUT2D eigenvalue weighted by atomic mass is 32.1. The van der Waals surface area contributed by atoms with E-state index >= 15 is 0 Å². The van der Waals surface area contributed by atoms with Crippen LogP contribution < -0.4 is 16.0 Å². The molecule has 2 aromatic rings. The van der Waals surface area contributed by atoms with Gasteiger partial charge in [0, 0.05) is 6.42 Å². The van der Waals surface area contributed by atoms with Gasteiger partial charge in [0.25, 0.3) is 0 Å². The second-order valence-corrected chi connectivity index (χ2v) is 7.59. The molecule has 0 aromatic carbocycles. The molecule has 0 saturated carbocycles. The van der Waals surface area contributed by atoms with Crippen molar-refractivity contribution in [1.29, 1.82) is 0 Å². The fourth-order valence-electron chi connectivity index (χ4n) is 2.43. The number of rotatable bonds is 5. The maximum Gasteiger partial charge on any atom is 0.247 e. The predicted molar refractivity (Wildman–Crippen MR) is 94.6 cm³/mol. The molecule has 1 unspecified atom stereocenters. The van der Waals surface area contributed by atoms with Gasteiger partial charge in [-0.15, -0.1) is 10.2 Å². The van der Waals surface area contributed by atoms with Gasteiger partial charge in [-0.25, -0.2) is 9.97 Å². The average Bonchev–Trinajstić information content (AvgIpc) is 2.93. The Morgan fingerprint density at radius 3 is 2.75 bits per heavy atom. The van der Waals surface area contributed by atoms with E-state index < -0.39 is 0 Å². The van der Waals surface area contributed by atoms with Crippen LogP contribution in [0.4, 0.5) is 22.5 Å². The van der Waals surface area contributed by atoms with E-state index in [1.807, 2.05) is 13.8 Å². The molecule has 1 aliphatic rings. The third-order valence-corrected chi connectivity index (χ3v) is 4.47. The molecule has 0 saturated heterocycles. The Hall–Kier alpha value is -2.29. The summed E-state index contributed by atoms with van der Waals surface area (Å²) in [7, 11) is 0. The summed E-state index contributed by atoms with van der Waals surface area (Å²) < 4.78 is 0. The van der Waals surface area contributed by atoms with Crippen molar-refractivity contribution in [1.82, 2.24) is 20.2 Å². The lowest BCUT2D eigenvalue weighted by atomic mass is 10.0. The first kappa shape index (κ1) is 16.6. The molecule has 1 amide bonds. The molecule has 0 aliphatic carbocycles. The Morgan fingerprint density at radius 1 is 1.25 bits per heavy atom. The zero-order valence-electron chi connectivity index (χ0n) is 14.1. The van der Waals surface area contributed by atoms with Crippen molar-refractivity contribution in [3.8, 4) is 0 Å². The van der Waals surface area contributed by atoms with E-state index in [1.54, 1.807) is 0 Å². The van der Waals surface area contributed by atoms with Gasteiger partial charge in [0.15, 0.2) is 11.6 Å². The molecule has 1 atom stereocenters. The molecule has 3 heterocycles. The van der Waals surface area contributed by atoms with Crippen LogP contribution in [0.15, 0.2) is 6.33 Å². The summed E-state index contributed by atoms with van der Waals surface area (Å²) in [6, 6.07) is -0.306. The molecule has 3 N–H and O–H groups in total. The predicted octanol–water partition coefficient (Wildman–Crippen LogP) is 2.66. The molecule has 0 spiro atoms. The second kappa shape index (κ2) is 6.68. The summed E-state index contributed by atoms with van der Waals surface area (Å²) in [5, 5.41) is 19.1. The van der Waals surface area contributed by atoms with Crippen LogP contribution in [-0.4, -0.2) is 32.1 Å². The van der Waals surface area contributed by atoms with Crippen LogP contribution in [-0.2, 0) is 11.2 Å². The van der Waals surface area contributed by atoms with Gasteiger partial charge >= 0.3 is 0 Å². The Morgan fingerprint density at radius 2 is 2.04 bits per heavy atom. The number of nitrogens with one attached hydrogen (secondary N) is 3. The van der Waals surface area contributed by atoms with Crippen LogP contribution >= 0.6 is 11.3 Å². The normalized spacial score (nSPS) is 16.8. The number of carbonyl (C=O) groups is 1. The molecule has 2 aromatic heterocycles. The largest absolute Gasteiger partial charge is 0.356 e. The number of fused-ring (bicyclic) bond motifs is 1. The number of anilines is 4. The highest BCUT2D eigenvalue weighted by molar-refractivity contribution is 7.15. The molecule has 128 valence electrons. The molecular formula is C15H21N7OS. The third-order valence-electron chi connectivity index (χ3n) is 3.61. The summed E-state index contributed by atoms with van der Waals surface area (Å²) in [5.41, 5.74) is 0.542. The van der Waals surface area contributed by atoms with Gasteiger partial charge < -0.3 is 16.0 Å². The zero-order valence-corrected chi connectivity index (χ0v) is 14.9. The number of nitrogens with zero attached hydrogens (tertiary/aromatic N) is 4. The van der Waals surface area contributed by atoms with Crippen LogP contribution in [0.5, 0.6) is 0 Å². The fourth-order valence-corrected chi connectivity index (χ4v) is 3.38. The minimum atomic E-state index is -0.306. The van der Waals surface area contributed by atoms with Gasteiger partial charge in [0.1, 0.15) is 23.1 Å². The number of hydrogen-bond acceptors (Lipinski definition) is 8. The molecule has 9 heteroatoms. The van der Waals surface area contributed by atoms with Gasteiger partial charge in [-0.3, -0.25) is 4.79 Å². The number of hydrogen-bond donors (Lipinski definition) is 3. The standard InChI is InChI=1S/C15H21N7OS/c1-7(2)5-9-21-22-15(24-9)20-13-11-12(16-6-17-13)18-10(8(3)4)14(23)19-11/h6-8,10H,5H2,1-4H3,(H,19,23)(H2,16,17,18,20,22). The molecular weight excluding hydrogens is 326 g/mol. The van der Waals surface area contributed by atoms with Gasteiger partial charge in [-0.05, 0) is 11.8 Å². The van der Waals surface area contributed by atoms with Crippen LogP contribution in [0.1, 0.15) is 32.7 Å². The van der Waals surface area contributed by atoms with Crippen molar-refractivity contribution in [3.63, 3.8) is 0 Å². The van der Waals surface area contributed by atoms with E-state index in [4.69, 9.17) is 0 Å².